The molecule has 0 radical (unpaired) electrons. The Hall–Kier alpha value is -0.460. The molecule has 0 amide bonds. The summed E-state index contributed by atoms with van der Waals surface area (Å²) < 4.78 is 0. The van der Waals surface area contributed by atoms with Crippen LogP contribution in [0.15, 0.2) is 11.0 Å². The summed E-state index contributed by atoms with van der Waals surface area (Å²) in [6, 6.07) is 1.98. The second kappa shape index (κ2) is 3.97. The predicted octanol–water partition coefficient (Wildman–Crippen LogP) is 2.06. The molecule has 0 unspecified atom stereocenters. The maximum absolute atomic E-state index is 10.0. The van der Waals surface area contributed by atoms with Gasteiger partial charge in [0.05, 0.1) is 11.7 Å². The van der Waals surface area contributed by atoms with Crippen LogP contribution in [0.1, 0.15) is 25.7 Å². The van der Waals surface area contributed by atoms with Gasteiger partial charge in [0, 0.05) is 11.0 Å². The van der Waals surface area contributed by atoms with Crippen molar-refractivity contribution in [3.8, 4) is 6.07 Å². The van der Waals surface area contributed by atoms with Crippen LogP contribution in [-0.2, 0) is 0 Å². The fraction of sp³-hybridized carbons (Fsp3) is 0.667. The minimum atomic E-state index is -0.685. The number of nitriles is 1. The van der Waals surface area contributed by atoms with Gasteiger partial charge in [0.2, 0.25) is 0 Å². The van der Waals surface area contributed by atoms with Crippen molar-refractivity contribution < 1.29 is 5.11 Å². The monoisotopic (exact) mass is 183 g/mol. The lowest BCUT2D eigenvalue weighted by Gasteiger charge is -2.23. The van der Waals surface area contributed by atoms with E-state index in [0.717, 1.165) is 30.6 Å². The molecule has 0 atom stereocenters. The topological polar surface area (TPSA) is 44.0 Å². The maximum Gasteiger partial charge on any atom is 0.0961 e. The fourth-order valence-electron chi connectivity index (χ4n) is 1.65. The van der Waals surface area contributed by atoms with Gasteiger partial charge in [-0.15, -0.1) is 11.8 Å². The highest BCUT2D eigenvalue weighted by Crippen LogP contribution is 2.39. The average molecular weight is 183 g/mol. The molecule has 0 aromatic heterocycles. The average Bonchev–Trinajstić information content (AvgIpc) is 2.49. The van der Waals surface area contributed by atoms with Crippen LogP contribution in [0.5, 0.6) is 0 Å². The molecular weight excluding hydrogens is 170 g/mol. The van der Waals surface area contributed by atoms with E-state index in [9.17, 15) is 5.11 Å². The Morgan fingerprint density at radius 1 is 1.58 bits per heavy atom. The summed E-state index contributed by atoms with van der Waals surface area (Å²) >= 11 is 1.48. The summed E-state index contributed by atoms with van der Waals surface area (Å²) in [5.74, 6) is 0. The second-order valence-corrected chi connectivity index (χ2v) is 3.93. The first-order valence-electron chi connectivity index (χ1n) is 4.09. The van der Waals surface area contributed by atoms with Gasteiger partial charge < -0.3 is 5.11 Å². The van der Waals surface area contributed by atoms with Crippen LogP contribution in [0.4, 0.5) is 0 Å². The van der Waals surface area contributed by atoms with Crippen LogP contribution in [0.3, 0.4) is 0 Å². The SMILES string of the molecule is CS/C(=C\C#N)C1(O)CCCC1. The van der Waals surface area contributed by atoms with Crippen LogP contribution in [-0.4, -0.2) is 17.0 Å². The quantitative estimate of drug-likeness (QED) is 0.666. The van der Waals surface area contributed by atoms with Gasteiger partial charge in [0.1, 0.15) is 0 Å². The molecular formula is C9H13NOS. The number of nitrogens with zero attached hydrogens (tertiary/aromatic N) is 1. The first-order valence-corrected chi connectivity index (χ1v) is 5.32. The number of hydrogen-bond acceptors (Lipinski definition) is 3. The minimum Gasteiger partial charge on any atom is -0.385 e. The van der Waals surface area contributed by atoms with E-state index in [1.807, 2.05) is 12.3 Å². The minimum absolute atomic E-state index is 0.685. The molecule has 3 heteroatoms. The summed E-state index contributed by atoms with van der Waals surface area (Å²) in [5, 5.41) is 18.5. The van der Waals surface area contributed by atoms with Gasteiger partial charge in [-0.2, -0.15) is 5.26 Å². The Kier molecular flexibility index (Phi) is 3.19. The van der Waals surface area contributed by atoms with Gasteiger partial charge in [-0.1, -0.05) is 12.8 Å². The smallest absolute Gasteiger partial charge is 0.0961 e. The lowest BCUT2D eigenvalue weighted by molar-refractivity contribution is 0.0953. The largest absolute Gasteiger partial charge is 0.385 e. The summed E-state index contributed by atoms with van der Waals surface area (Å²) in [6.07, 6.45) is 7.12. The molecule has 1 fully saturated rings. The summed E-state index contributed by atoms with van der Waals surface area (Å²) in [6.45, 7) is 0. The van der Waals surface area contributed by atoms with E-state index in [1.165, 1.54) is 17.8 Å². The molecule has 0 heterocycles. The van der Waals surface area contributed by atoms with Crippen molar-refractivity contribution in [1.29, 1.82) is 5.26 Å². The number of hydrogen-bond donors (Lipinski definition) is 1. The molecule has 0 spiro atoms. The second-order valence-electron chi connectivity index (χ2n) is 3.08. The van der Waals surface area contributed by atoms with E-state index in [0.29, 0.717) is 0 Å². The normalized spacial score (nSPS) is 22.2. The van der Waals surface area contributed by atoms with Gasteiger partial charge in [-0.05, 0) is 19.1 Å². The summed E-state index contributed by atoms with van der Waals surface area (Å²) in [7, 11) is 0. The highest BCUT2D eigenvalue weighted by Gasteiger charge is 2.34. The molecule has 1 saturated carbocycles. The lowest BCUT2D eigenvalue weighted by Crippen LogP contribution is -2.25. The molecule has 0 bridgehead atoms. The molecule has 1 N–H and O–H groups in total. The third-order valence-corrected chi connectivity index (χ3v) is 3.24. The molecule has 0 aromatic rings. The summed E-state index contributed by atoms with van der Waals surface area (Å²) in [4.78, 5) is 0.822. The number of rotatable bonds is 2. The van der Waals surface area contributed by atoms with Crippen molar-refractivity contribution in [3.05, 3.63) is 11.0 Å². The van der Waals surface area contributed by atoms with E-state index in [2.05, 4.69) is 0 Å². The Morgan fingerprint density at radius 3 is 2.58 bits per heavy atom. The molecule has 0 saturated heterocycles. The Labute approximate surface area is 77.3 Å². The molecule has 1 rings (SSSR count). The number of thioether (sulfide) groups is 1. The van der Waals surface area contributed by atoms with Gasteiger partial charge in [0.15, 0.2) is 0 Å². The van der Waals surface area contributed by atoms with Crippen molar-refractivity contribution in [2.75, 3.05) is 6.26 Å². The van der Waals surface area contributed by atoms with Crippen LogP contribution < -0.4 is 0 Å². The Balaban J connectivity index is 2.78. The zero-order chi connectivity index (χ0) is 9.03. The standard InChI is InChI=1S/C9H13NOS/c1-12-8(4-7-10)9(11)5-2-3-6-9/h4,11H,2-3,5-6H2,1H3/b8-4-. The highest BCUT2D eigenvalue weighted by molar-refractivity contribution is 8.02. The molecule has 12 heavy (non-hydrogen) atoms. The predicted molar refractivity (Wildman–Crippen MR) is 50.6 cm³/mol. The van der Waals surface area contributed by atoms with E-state index in [-0.39, 0.29) is 0 Å². The van der Waals surface area contributed by atoms with Gasteiger partial charge >= 0.3 is 0 Å². The molecule has 1 aliphatic carbocycles. The van der Waals surface area contributed by atoms with Crippen molar-refractivity contribution in [2.45, 2.75) is 31.3 Å². The number of allylic oxidation sites excluding steroid dienone is 1. The maximum atomic E-state index is 10.0. The van der Waals surface area contributed by atoms with E-state index in [4.69, 9.17) is 5.26 Å². The van der Waals surface area contributed by atoms with E-state index in [1.54, 1.807) is 0 Å². The van der Waals surface area contributed by atoms with Crippen molar-refractivity contribution in [3.63, 3.8) is 0 Å². The molecule has 0 aromatic carbocycles. The Bertz CT molecular complexity index is 223. The van der Waals surface area contributed by atoms with E-state index >= 15 is 0 Å². The molecule has 1 aliphatic rings. The Morgan fingerprint density at radius 2 is 2.17 bits per heavy atom. The summed E-state index contributed by atoms with van der Waals surface area (Å²) in [5.41, 5.74) is -0.685. The van der Waals surface area contributed by atoms with Crippen molar-refractivity contribution in [2.24, 2.45) is 0 Å². The lowest BCUT2D eigenvalue weighted by atomic mass is 10.0. The third kappa shape index (κ3) is 1.82. The van der Waals surface area contributed by atoms with Gasteiger partial charge in [0.25, 0.3) is 0 Å². The van der Waals surface area contributed by atoms with E-state index < -0.39 is 5.60 Å². The van der Waals surface area contributed by atoms with Crippen LogP contribution in [0.25, 0.3) is 0 Å². The van der Waals surface area contributed by atoms with Crippen LogP contribution in [0.2, 0.25) is 0 Å². The fourth-order valence-corrected chi connectivity index (χ4v) is 2.40. The van der Waals surface area contributed by atoms with Gasteiger partial charge in [-0.3, -0.25) is 0 Å². The van der Waals surface area contributed by atoms with Crippen molar-refractivity contribution in [1.82, 2.24) is 0 Å². The molecule has 2 nitrogen and oxygen atoms in total. The van der Waals surface area contributed by atoms with Crippen LogP contribution in [0, 0.1) is 11.3 Å². The molecule has 0 aliphatic heterocycles. The third-order valence-electron chi connectivity index (χ3n) is 2.30. The number of aliphatic hydroxyl groups is 1. The van der Waals surface area contributed by atoms with Crippen molar-refractivity contribution >= 4 is 11.8 Å². The first kappa shape index (κ1) is 9.63. The molecule has 66 valence electrons. The zero-order valence-corrected chi connectivity index (χ0v) is 8.02. The van der Waals surface area contributed by atoms with Crippen LogP contribution >= 0.6 is 11.8 Å². The first-order chi connectivity index (χ1) is 5.73. The van der Waals surface area contributed by atoms with Gasteiger partial charge in [-0.25, -0.2) is 0 Å². The highest BCUT2D eigenvalue weighted by atomic mass is 32.2. The zero-order valence-electron chi connectivity index (χ0n) is 7.21.